The van der Waals surface area contributed by atoms with Crippen LogP contribution in [0, 0.1) is 0 Å². The van der Waals surface area contributed by atoms with Crippen molar-refractivity contribution in [3.05, 3.63) is 29.8 Å². The number of nitrogens with one attached hydrogen (secondary N) is 1. The molecule has 0 bridgehead atoms. The van der Waals surface area contributed by atoms with Gasteiger partial charge in [0.05, 0.1) is 7.11 Å². The number of carbonyl (C=O) groups excluding carboxylic acids is 2. The lowest BCUT2D eigenvalue weighted by atomic mass is 10.0. The first-order valence-corrected chi connectivity index (χ1v) is 6.51. The number of carbonyl (C=O) groups is 2. The predicted molar refractivity (Wildman–Crippen MR) is 75.6 cm³/mol. The second kappa shape index (κ2) is 7.53. The highest BCUT2D eigenvalue weighted by atomic mass is 16.5. The van der Waals surface area contributed by atoms with Gasteiger partial charge in [0, 0.05) is 6.92 Å². The smallest absolute Gasteiger partial charge is 0.331 e. The molecule has 1 rings (SSSR count). The molecular formula is C15H21NO4. The molecule has 1 atom stereocenters. The van der Waals surface area contributed by atoms with Gasteiger partial charge in [-0.2, -0.15) is 0 Å². The Kier molecular flexibility index (Phi) is 6.03. The van der Waals surface area contributed by atoms with Crippen molar-refractivity contribution < 1.29 is 19.1 Å². The first-order valence-electron chi connectivity index (χ1n) is 6.51. The molecule has 1 amide bonds. The van der Waals surface area contributed by atoms with E-state index < -0.39 is 12.0 Å². The Morgan fingerprint density at radius 3 is 2.55 bits per heavy atom. The summed E-state index contributed by atoms with van der Waals surface area (Å²) in [5, 5.41) is 2.50. The molecule has 0 saturated heterocycles. The van der Waals surface area contributed by atoms with Gasteiger partial charge in [-0.3, -0.25) is 4.79 Å². The van der Waals surface area contributed by atoms with Gasteiger partial charge in [-0.15, -0.1) is 0 Å². The molecule has 20 heavy (non-hydrogen) atoms. The van der Waals surface area contributed by atoms with Crippen LogP contribution in [0.2, 0.25) is 0 Å². The largest absolute Gasteiger partial charge is 0.491 e. The van der Waals surface area contributed by atoms with Gasteiger partial charge in [0.25, 0.3) is 0 Å². The van der Waals surface area contributed by atoms with E-state index in [4.69, 9.17) is 4.74 Å². The zero-order valence-corrected chi connectivity index (χ0v) is 12.3. The second-order valence-corrected chi connectivity index (χ2v) is 4.81. The lowest BCUT2D eigenvalue weighted by molar-refractivity contribution is -0.145. The lowest BCUT2D eigenvalue weighted by Gasteiger charge is -2.17. The molecule has 5 nitrogen and oxygen atoms in total. The van der Waals surface area contributed by atoms with E-state index >= 15 is 0 Å². The predicted octanol–water partition coefficient (Wildman–Crippen LogP) is 1.87. The number of benzene rings is 1. The summed E-state index contributed by atoms with van der Waals surface area (Å²) in [4.78, 5) is 22.6. The van der Waals surface area contributed by atoms with Crippen LogP contribution in [0.3, 0.4) is 0 Å². The third-order valence-electron chi connectivity index (χ3n) is 2.80. The van der Waals surface area contributed by atoms with Crippen molar-refractivity contribution in [2.45, 2.75) is 32.7 Å². The fraction of sp³-hybridized carbons (Fsp3) is 0.467. The molecule has 0 fully saturated rings. The third-order valence-corrected chi connectivity index (χ3v) is 2.80. The first kappa shape index (κ1) is 16.0. The second-order valence-electron chi connectivity index (χ2n) is 4.81. The van der Waals surface area contributed by atoms with Gasteiger partial charge in [-0.1, -0.05) is 26.0 Å². The van der Waals surface area contributed by atoms with Crippen molar-refractivity contribution in [3.63, 3.8) is 0 Å². The van der Waals surface area contributed by atoms with Gasteiger partial charge in [0.15, 0.2) is 6.04 Å². The van der Waals surface area contributed by atoms with Crippen LogP contribution in [0.1, 0.15) is 32.3 Å². The molecule has 0 radical (unpaired) electrons. The highest BCUT2D eigenvalue weighted by Gasteiger charge is 2.21. The van der Waals surface area contributed by atoms with Gasteiger partial charge in [0.1, 0.15) is 12.4 Å². The molecule has 0 aliphatic carbocycles. The molecule has 1 N–H and O–H groups in total. The van der Waals surface area contributed by atoms with E-state index in [1.807, 2.05) is 24.3 Å². The van der Waals surface area contributed by atoms with Gasteiger partial charge < -0.3 is 14.8 Å². The molecule has 110 valence electrons. The minimum absolute atomic E-state index is 0.0355. The normalized spacial score (nSPS) is 11.8. The summed E-state index contributed by atoms with van der Waals surface area (Å²) in [5.41, 5.74) is 1.15. The molecule has 0 aromatic heterocycles. The Hall–Kier alpha value is -2.04. The summed E-state index contributed by atoms with van der Waals surface area (Å²) < 4.78 is 10.2. The quantitative estimate of drug-likeness (QED) is 0.807. The van der Waals surface area contributed by atoms with Gasteiger partial charge in [-0.25, -0.2) is 4.79 Å². The highest BCUT2D eigenvalue weighted by molar-refractivity contribution is 5.83. The van der Waals surface area contributed by atoms with Crippen molar-refractivity contribution in [1.29, 1.82) is 0 Å². The SMILES string of the molecule is COC(=O)C(COc1cccc(C(C)C)c1)NC(C)=O. The van der Waals surface area contributed by atoms with Crippen molar-refractivity contribution in [2.75, 3.05) is 13.7 Å². The van der Waals surface area contributed by atoms with Crippen LogP contribution in [0.15, 0.2) is 24.3 Å². The molecule has 0 heterocycles. The van der Waals surface area contributed by atoms with Crippen molar-refractivity contribution in [2.24, 2.45) is 0 Å². The van der Waals surface area contributed by atoms with E-state index in [-0.39, 0.29) is 12.5 Å². The number of ether oxygens (including phenoxy) is 2. The summed E-state index contributed by atoms with van der Waals surface area (Å²) in [6, 6.07) is 6.85. The van der Waals surface area contributed by atoms with E-state index in [1.54, 1.807) is 0 Å². The summed E-state index contributed by atoms with van der Waals surface area (Å²) in [6.45, 7) is 5.56. The Balaban J connectivity index is 2.69. The van der Waals surface area contributed by atoms with Crippen LogP contribution in [0.4, 0.5) is 0 Å². The van der Waals surface area contributed by atoms with Gasteiger partial charge in [0.2, 0.25) is 5.91 Å². The summed E-state index contributed by atoms with van der Waals surface area (Å²) in [5.74, 6) is 0.223. The summed E-state index contributed by atoms with van der Waals surface area (Å²) in [6.07, 6.45) is 0. The van der Waals surface area contributed by atoms with Crippen molar-refractivity contribution in [1.82, 2.24) is 5.32 Å². The average Bonchev–Trinajstić information content (AvgIpc) is 2.42. The van der Waals surface area contributed by atoms with E-state index in [1.165, 1.54) is 14.0 Å². The molecular weight excluding hydrogens is 258 g/mol. The van der Waals surface area contributed by atoms with E-state index in [0.717, 1.165) is 5.56 Å². The maximum absolute atomic E-state index is 11.5. The van der Waals surface area contributed by atoms with E-state index in [0.29, 0.717) is 11.7 Å². The monoisotopic (exact) mass is 279 g/mol. The Labute approximate surface area is 119 Å². The van der Waals surface area contributed by atoms with Crippen LogP contribution in [0.25, 0.3) is 0 Å². The number of hydrogen-bond donors (Lipinski definition) is 1. The average molecular weight is 279 g/mol. The highest BCUT2D eigenvalue weighted by Crippen LogP contribution is 2.20. The van der Waals surface area contributed by atoms with Gasteiger partial charge in [-0.05, 0) is 23.6 Å². The molecule has 1 aromatic rings. The first-order chi connectivity index (χ1) is 9.43. The maximum Gasteiger partial charge on any atom is 0.331 e. The number of rotatable bonds is 6. The number of amides is 1. The summed E-state index contributed by atoms with van der Waals surface area (Å²) >= 11 is 0. The fourth-order valence-corrected chi connectivity index (χ4v) is 1.70. The Bertz CT molecular complexity index is 471. The topological polar surface area (TPSA) is 64.6 Å². The standard InChI is InChI=1S/C15H21NO4/c1-10(2)12-6-5-7-13(8-12)20-9-14(15(18)19-4)16-11(3)17/h5-8,10,14H,9H2,1-4H3,(H,16,17). The Morgan fingerprint density at radius 1 is 1.30 bits per heavy atom. The lowest BCUT2D eigenvalue weighted by Crippen LogP contribution is -2.44. The minimum Gasteiger partial charge on any atom is -0.491 e. The molecule has 1 unspecified atom stereocenters. The van der Waals surface area contributed by atoms with Crippen molar-refractivity contribution >= 4 is 11.9 Å². The fourth-order valence-electron chi connectivity index (χ4n) is 1.70. The van der Waals surface area contributed by atoms with Crippen LogP contribution in [-0.4, -0.2) is 31.6 Å². The number of hydrogen-bond acceptors (Lipinski definition) is 4. The zero-order chi connectivity index (χ0) is 15.1. The molecule has 1 aromatic carbocycles. The van der Waals surface area contributed by atoms with Gasteiger partial charge >= 0.3 is 5.97 Å². The molecule has 0 aliphatic rings. The number of methoxy groups -OCH3 is 1. The minimum atomic E-state index is -0.805. The zero-order valence-electron chi connectivity index (χ0n) is 12.3. The Morgan fingerprint density at radius 2 is 2.00 bits per heavy atom. The molecule has 0 spiro atoms. The van der Waals surface area contributed by atoms with Crippen LogP contribution in [-0.2, 0) is 14.3 Å². The summed E-state index contributed by atoms with van der Waals surface area (Å²) in [7, 11) is 1.27. The molecule has 0 saturated carbocycles. The van der Waals surface area contributed by atoms with Crippen LogP contribution < -0.4 is 10.1 Å². The van der Waals surface area contributed by atoms with Crippen LogP contribution >= 0.6 is 0 Å². The molecule has 0 aliphatic heterocycles. The van der Waals surface area contributed by atoms with E-state index in [2.05, 4.69) is 23.9 Å². The third kappa shape index (κ3) is 4.91. The molecule has 5 heteroatoms. The number of esters is 1. The van der Waals surface area contributed by atoms with E-state index in [9.17, 15) is 9.59 Å². The van der Waals surface area contributed by atoms with Crippen LogP contribution in [0.5, 0.6) is 5.75 Å². The maximum atomic E-state index is 11.5. The van der Waals surface area contributed by atoms with Crippen molar-refractivity contribution in [3.8, 4) is 5.75 Å².